The lowest BCUT2D eigenvalue weighted by atomic mass is 9.77. The number of rotatable bonds is 8. The van der Waals surface area contributed by atoms with E-state index in [-0.39, 0.29) is 11.9 Å². The van der Waals surface area contributed by atoms with Crippen molar-refractivity contribution in [2.24, 2.45) is 0 Å². The third-order valence-electron chi connectivity index (χ3n) is 6.75. The summed E-state index contributed by atoms with van der Waals surface area (Å²) >= 11 is 18.8. The summed E-state index contributed by atoms with van der Waals surface area (Å²) in [4.78, 5) is 17.8. The fraction of sp³-hybridized carbons (Fsp3) is 0.480. The number of nitrogens with zero attached hydrogens (tertiary/aromatic N) is 3. The van der Waals surface area contributed by atoms with Crippen LogP contribution in [0.3, 0.4) is 0 Å². The number of likely N-dealkylation sites (N-methyl/N-ethyl adjacent to an activating group) is 1. The third kappa shape index (κ3) is 6.70. The second-order valence-corrected chi connectivity index (χ2v) is 12.6. The van der Waals surface area contributed by atoms with Gasteiger partial charge in [-0.15, -0.1) is 0 Å². The van der Waals surface area contributed by atoms with E-state index in [1.54, 1.807) is 24.1 Å². The Bertz CT molecular complexity index is 1180. The van der Waals surface area contributed by atoms with Crippen LogP contribution in [0.25, 0.3) is 0 Å². The molecule has 1 fully saturated rings. The zero-order valence-electron chi connectivity index (χ0n) is 20.5. The molecule has 1 aliphatic heterocycles. The highest BCUT2D eigenvalue weighted by molar-refractivity contribution is 7.88. The minimum Gasteiger partial charge on any atom is -0.341 e. The van der Waals surface area contributed by atoms with Crippen LogP contribution in [0.5, 0.6) is 0 Å². The van der Waals surface area contributed by atoms with Crippen LogP contribution < -0.4 is 0 Å². The molecule has 1 amide bonds. The topological polar surface area (TPSA) is 60.9 Å². The number of sulfonamides is 1. The van der Waals surface area contributed by atoms with Crippen molar-refractivity contribution < 1.29 is 13.2 Å². The van der Waals surface area contributed by atoms with Gasteiger partial charge in [0.15, 0.2) is 0 Å². The molecule has 2 aromatic carbocycles. The first-order chi connectivity index (χ1) is 16.3. The number of carbonyl (C=O) groups excluding carboxylic acids is 1. The zero-order valence-corrected chi connectivity index (χ0v) is 23.6. The highest BCUT2D eigenvalue weighted by atomic mass is 35.5. The van der Waals surface area contributed by atoms with Crippen molar-refractivity contribution in [3.05, 3.63) is 68.7 Å². The van der Waals surface area contributed by atoms with Gasteiger partial charge in [0.2, 0.25) is 15.9 Å². The second kappa shape index (κ2) is 11.4. The van der Waals surface area contributed by atoms with Crippen molar-refractivity contribution in [1.29, 1.82) is 0 Å². The lowest BCUT2D eigenvalue weighted by molar-refractivity contribution is -0.136. The second-order valence-electron chi connectivity index (χ2n) is 9.49. The van der Waals surface area contributed by atoms with E-state index < -0.39 is 15.4 Å². The average Bonchev–Trinajstić information content (AvgIpc) is 2.79. The molecule has 1 aliphatic rings. The van der Waals surface area contributed by atoms with Crippen LogP contribution in [0.4, 0.5) is 0 Å². The minimum atomic E-state index is -3.24. The maximum atomic E-state index is 13.9. The fourth-order valence-corrected chi connectivity index (χ4v) is 6.31. The summed E-state index contributed by atoms with van der Waals surface area (Å²) in [6.07, 6.45) is 1.77. The highest BCUT2D eigenvalue weighted by Gasteiger charge is 2.39. The van der Waals surface area contributed by atoms with Gasteiger partial charge in [0.1, 0.15) is 0 Å². The molecule has 1 saturated heterocycles. The first kappa shape index (κ1) is 28.2. The van der Waals surface area contributed by atoms with Crippen molar-refractivity contribution in [2.75, 3.05) is 39.5 Å². The third-order valence-corrected chi connectivity index (χ3v) is 9.25. The van der Waals surface area contributed by atoms with E-state index in [9.17, 15) is 13.2 Å². The van der Waals surface area contributed by atoms with E-state index in [0.29, 0.717) is 54.2 Å². The molecular weight excluding hydrogens is 529 g/mol. The number of benzene rings is 2. The Balaban J connectivity index is 1.83. The number of hydrogen-bond acceptors (Lipinski definition) is 4. The Hall–Kier alpha value is -1.35. The molecule has 35 heavy (non-hydrogen) atoms. The highest BCUT2D eigenvalue weighted by Crippen LogP contribution is 2.35. The van der Waals surface area contributed by atoms with Gasteiger partial charge in [0.25, 0.3) is 0 Å². The Kier molecular flexibility index (Phi) is 9.16. The number of hydrogen-bond donors (Lipinski definition) is 0. The Morgan fingerprint density at radius 2 is 1.77 bits per heavy atom. The molecule has 0 saturated carbocycles. The predicted octanol–water partition coefficient (Wildman–Crippen LogP) is 4.92. The van der Waals surface area contributed by atoms with Crippen LogP contribution in [-0.2, 0) is 26.8 Å². The van der Waals surface area contributed by atoms with Crippen LogP contribution in [0.1, 0.15) is 31.4 Å². The zero-order chi connectivity index (χ0) is 26.0. The van der Waals surface area contributed by atoms with Crippen molar-refractivity contribution in [3.63, 3.8) is 0 Å². The van der Waals surface area contributed by atoms with Crippen LogP contribution in [0.15, 0.2) is 42.5 Å². The van der Waals surface area contributed by atoms with Gasteiger partial charge in [-0.2, -0.15) is 4.31 Å². The van der Waals surface area contributed by atoms with E-state index >= 15 is 0 Å². The molecule has 6 nitrogen and oxygen atoms in total. The summed E-state index contributed by atoms with van der Waals surface area (Å²) in [6.45, 7) is 6.49. The van der Waals surface area contributed by atoms with Crippen LogP contribution in [0, 0.1) is 0 Å². The van der Waals surface area contributed by atoms with Crippen molar-refractivity contribution in [1.82, 2.24) is 14.1 Å². The summed E-state index contributed by atoms with van der Waals surface area (Å²) in [5.74, 6) is -0.0568. The SMILES string of the molecule is C[C@H]1CN(CCC(C)(C(=O)N(C)Cc2ccccc2Cl)c2ccc(Cl)c(Cl)c2)CCN1S(C)(=O)=O. The number of halogens is 3. The average molecular weight is 561 g/mol. The smallest absolute Gasteiger partial charge is 0.233 e. The van der Waals surface area contributed by atoms with Crippen LogP contribution in [0.2, 0.25) is 15.1 Å². The van der Waals surface area contributed by atoms with Gasteiger partial charge in [-0.1, -0.05) is 59.1 Å². The van der Waals surface area contributed by atoms with E-state index in [2.05, 4.69) is 4.90 Å². The molecule has 192 valence electrons. The first-order valence-electron chi connectivity index (χ1n) is 11.5. The number of carbonyl (C=O) groups is 1. The lowest BCUT2D eigenvalue weighted by Crippen LogP contribution is -2.54. The van der Waals surface area contributed by atoms with E-state index in [1.165, 1.54) is 10.6 Å². The molecule has 3 rings (SSSR count). The van der Waals surface area contributed by atoms with Gasteiger partial charge in [-0.25, -0.2) is 8.42 Å². The van der Waals surface area contributed by atoms with Crippen LogP contribution >= 0.6 is 34.8 Å². The van der Waals surface area contributed by atoms with Crippen LogP contribution in [-0.4, -0.2) is 74.0 Å². The summed E-state index contributed by atoms with van der Waals surface area (Å²) in [7, 11) is -1.47. The molecule has 0 bridgehead atoms. The quantitative estimate of drug-likeness (QED) is 0.460. The molecule has 1 heterocycles. The Labute approximate surface area is 223 Å². The number of piperazine rings is 1. The van der Waals surface area contributed by atoms with Gasteiger partial charge in [-0.05, 0) is 56.1 Å². The van der Waals surface area contributed by atoms with Gasteiger partial charge in [-0.3, -0.25) is 4.79 Å². The molecule has 0 spiro atoms. The summed E-state index contributed by atoms with van der Waals surface area (Å²) in [5, 5.41) is 1.44. The fourth-order valence-electron chi connectivity index (χ4n) is 4.68. The van der Waals surface area contributed by atoms with E-state index in [0.717, 1.165) is 11.1 Å². The normalized spacial score (nSPS) is 19.3. The molecule has 0 radical (unpaired) electrons. The number of amides is 1. The lowest BCUT2D eigenvalue weighted by Gasteiger charge is -2.40. The molecule has 0 aromatic heterocycles. The minimum absolute atomic E-state index is 0.0568. The van der Waals surface area contributed by atoms with Crippen molar-refractivity contribution >= 4 is 50.7 Å². The maximum absolute atomic E-state index is 13.9. The van der Waals surface area contributed by atoms with Crippen molar-refractivity contribution in [2.45, 2.75) is 38.3 Å². The summed E-state index contributed by atoms with van der Waals surface area (Å²) in [6, 6.07) is 12.7. The summed E-state index contributed by atoms with van der Waals surface area (Å²) in [5.41, 5.74) is 0.777. The molecule has 1 unspecified atom stereocenters. The van der Waals surface area contributed by atoms with Gasteiger partial charge in [0, 0.05) is 44.3 Å². The van der Waals surface area contributed by atoms with Crippen molar-refractivity contribution in [3.8, 4) is 0 Å². The predicted molar refractivity (Wildman–Crippen MR) is 144 cm³/mol. The molecule has 0 aliphatic carbocycles. The molecule has 2 aromatic rings. The summed E-state index contributed by atoms with van der Waals surface area (Å²) < 4.78 is 25.6. The van der Waals surface area contributed by atoms with E-state index in [4.69, 9.17) is 34.8 Å². The van der Waals surface area contributed by atoms with E-state index in [1.807, 2.05) is 44.2 Å². The Morgan fingerprint density at radius 3 is 2.37 bits per heavy atom. The first-order valence-corrected chi connectivity index (χ1v) is 14.4. The standard InChI is InChI=1S/C25H32Cl3N3O3S/c1-18-16-30(13-14-31(18)35(4,33)34)12-11-25(2,20-9-10-22(27)23(28)15-20)24(32)29(3)17-19-7-5-6-8-21(19)26/h5-10,15,18H,11-14,16-17H2,1-4H3/t18-,25?/m0/s1. The van der Waals surface area contributed by atoms with Gasteiger partial charge < -0.3 is 9.80 Å². The molecule has 10 heteroatoms. The monoisotopic (exact) mass is 559 g/mol. The maximum Gasteiger partial charge on any atom is 0.233 e. The van der Waals surface area contributed by atoms with Gasteiger partial charge in [0.05, 0.1) is 21.7 Å². The molecule has 0 N–H and O–H groups in total. The largest absolute Gasteiger partial charge is 0.341 e. The molecule has 2 atom stereocenters. The Morgan fingerprint density at radius 1 is 1.09 bits per heavy atom. The molecular formula is C25H32Cl3N3O3S. The van der Waals surface area contributed by atoms with Gasteiger partial charge >= 0.3 is 0 Å².